The molecule has 0 aliphatic carbocycles. The summed E-state index contributed by atoms with van der Waals surface area (Å²) in [4.78, 5) is 2.35. The first-order chi connectivity index (χ1) is 8.03. The second kappa shape index (κ2) is 4.75. The van der Waals surface area contributed by atoms with Crippen LogP contribution in [0.1, 0.15) is 37.8 Å². The quantitative estimate of drug-likeness (QED) is 0.874. The second-order valence-corrected chi connectivity index (χ2v) is 5.47. The van der Waals surface area contributed by atoms with Gasteiger partial charge in [0.05, 0.1) is 0 Å². The summed E-state index contributed by atoms with van der Waals surface area (Å²) < 4.78 is 13.7. The van der Waals surface area contributed by atoms with E-state index in [0.717, 1.165) is 17.7 Å². The molecule has 0 atom stereocenters. The van der Waals surface area contributed by atoms with Crippen molar-refractivity contribution in [1.29, 1.82) is 0 Å². The van der Waals surface area contributed by atoms with Gasteiger partial charge in [0, 0.05) is 24.2 Å². The van der Waals surface area contributed by atoms with Crippen LogP contribution in [0.15, 0.2) is 18.2 Å². The molecule has 1 aromatic rings. The number of nitrogens with zero attached hydrogens (tertiary/aromatic N) is 1. The van der Waals surface area contributed by atoms with E-state index in [1.807, 2.05) is 6.07 Å². The molecule has 0 amide bonds. The third kappa shape index (κ3) is 2.67. The molecule has 1 aliphatic heterocycles. The summed E-state index contributed by atoms with van der Waals surface area (Å²) in [6.07, 6.45) is 2.39. The second-order valence-electron chi connectivity index (χ2n) is 5.47. The van der Waals surface area contributed by atoms with Gasteiger partial charge in [0.2, 0.25) is 0 Å². The number of halogens is 1. The molecule has 94 valence electrons. The number of likely N-dealkylation sites (tertiary alicyclic amines) is 1. The van der Waals surface area contributed by atoms with Crippen LogP contribution in [0.5, 0.6) is 0 Å². The molecule has 0 aromatic heterocycles. The van der Waals surface area contributed by atoms with Crippen molar-refractivity contribution in [2.24, 2.45) is 5.73 Å². The fourth-order valence-corrected chi connectivity index (χ4v) is 2.54. The maximum Gasteiger partial charge on any atom is 0.127 e. The fourth-order valence-electron chi connectivity index (χ4n) is 2.54. The topological polar surface area (TPSA) is 29.3 Å². The van der Waals surface area contributed by atoms with Crippen LogP contribution in [0, 0.1) is 5.82 Å². The van der Waals surface area contributed by atoms with Gasteiger partial charge in [-0.05, 0) is 44.9 Å². The van der Waals surface area contributed by atoms with Gasteiger partial charge in [-0.15, -0.1) is 0 Å². The van der Waals surface area contributed by atoms with E-state index in [1.165, 1.54) is 18.9 Å². The lowest BCUT2D eigenvalue weighted by atomic mass is 10.0. The molecule has 17 heavy (non-hydrogen) atoms. The van der Waals surface area contributed by atoms with Gasteiger partial charge in [-0.2, -0.15) is 0 Å². The van der Waals surface area contributed by atoms with E-state index in [9.17, 15) is 4.39 Å². The lowest BCUT2D eigenvalue weighted by Gasteiger charge is -2.31. The molecule has 0 bridgehead atoms. The maximum absolute atomic E-state index is 13.7. The summed E-state index contributed by atoms with van der Waals surface area (Å²) >= 11 is 0. The molecule has 1 aliphatic rings. The molecule has 0 radical (unpaired) electrons. The normalized spacial score (nSPS) is 19.8. The predicted molar refractivity (Wildman–Crippen MR) is 68.0 cm³/mol. The Bertz CT molecular complexity index is 401. The molecule has 2 nitrogen and oxygen atoms in total. The van der Waals surface area contributed by atoms with Crippen molar-refractivity contribution in [2.75, 3.05) is 6.54 Å². The molecule has 1 aromatic carbocycles. The molecule has 3 heteroatoms. The van der Waals surface area contributed by atoms with E-state index in [0.29, 0.717) is 13.1 Å². The molecule has 2 rings (SSSR count). The molecule has 0 unspecified atom stereocenters. The summed E-state index contributed by atoms with van der Waals surface area (Å²) in [7, 11) is 0. The van der Waals surface area contributed by atoms with Crippen LogP contribution in [-0.4, -0.2) is 17.0 Å². The molecule has 1 fully saturated rings. The van der Waals surface area contributed by atoms with E-state index in [-0.39, 0.29) is 11.4 Å². The van der Waals surface area contributed by atoms with Crippen molar-refractivity contribution in [3.63, 3.8) is 0 Å². The largest absolute Gasteiger partial charge is 0.326 e. The minimum atomic E-state index is -0.120. The Labute approximate surface area is 103 Å². The van der Waals surface area contributed by atoms with E-state index < -0.39 is 0 Å². The molecular weight excluding hydrogens is 215 g/mol. The Kier molecular flexibility index (Phi) is 3.50. The molecule has 0 spiro atoms. The van der Waals surface area contributed by atoms with Crippen molar-refractivity contribution in [3.8, 4) is 0 Å². The number of nitrogens with two attached hydrogens (primary N) is 1. The van der Waals surface area contributed by atoms with Crippen LogP contribution >= 0.6 is 0 Å². The van der Waals surface area contributed by atoms with Crippen molar-refractivity contribution in [3.05, 3.63) is 35.1 Å². The standard InChI is InChI=1S/C14H21FN2/c1-14(2)6-3-7-17(14)10-12-8-11(9-16)4-5-13(12)15/h4-5,8H,3,6-7,9-10,16H2,1-2H3. The van der Waals surface area contributed by atoms with Crippen LogP contribution in [-0.2, 0) is 13.1 Å². The zero-order chi connectivity index (χ0) is 12.5. The SMILES string of the molecule is CC1(C)CCCN1Cc1cc(CN)ccc1F. The van der Waals surface area contributed by atoms with Gasteiger partial charge < -0.3 is 5.73 Å². The number of benzene rings is 1. The Morgan fingerprint density at radius 3 is 2.76 bits per heavy atom. The number of rotatable bonds is 3. The van der Waals surface area contributed by atoms with Crippen molar-refractivity contribution in [1.82, 2.24) is 4.90 Å². The first-order valence-corrected chi connectivity index (χ1v) is 6.25. The molecule has 1 saturated heterocycles. The smallest absolute Gasteiger partial charge is 0.127 e. The Morgan fingerprint density at radius 1 is 1.41 bits per heavy atom. The summed E-state index contributed by atoms with van der Waals surface area (Å²) in [5, 5.41) is 0. The van der Waals surface area contributed by atoms with Crippen LogP contribution in [0.3, 0.4) is 0 Å². The minimum absolute atomic E-state index is 0.120. The Balaban J connectivity index is 2.18. The molecule has 0 saturated carbocycles. The van der Waals surface area contributed by atoms with Crippen LogP contribution < -0.4 is 5.73 Å². The highest BCUT2D eigenvalue weighted by molar-refractivity contribution is 5.25. The fraction of sp³-hybridized carbons (Fsp3) is 0.571. The van der Waals surface area contributed by atoms with Gasteiger partial charge in [0.25, 0.3) is 0 Å². The van der Waals surface area contributed by atoms with Crippen LogP contribution in [0.4, 0.5) is 4.39 Å². The van der Waals surface area contributed by atoms with E-state index >= 15 is 0 Å². The van der Waals surface area contributed by atoms with Gasteiger partial charge in [0.1, 0.15) is 5.82 Å². The summed E-state index contributed by atoms with van der Waals surface area (Å²) in [6, 6.07) is 5.18. The third-order valence-corrected chi connectivity index (χ3v) is 3.78. The van der Waals surface area contributed by atoms with E-state index in [1.54, 1.807) is 6.07 Å². The Hall–Kier alpha value is -0.930. The highest BCUT2D eigenvalue weighted by Crippen LogP contribution is 2.30. The number of hydrogen-bond acceptors (Lipinski definition) is 2. The van der Waals surface area contributed by atoms with Crippen molar-refractivity contribution in [2.45, 2.75) is 45.3 Å². The Morgan fingerprint density at radius 2 is 2.18 bits per heavy atom. The van der Waals surface area contributed by atoms with Crippen LogP contribution in [0.25, 0.3) is 0 Å². The van der Waals surface area contributed by atoms with Crippen molar-refractivity contribution < 1.29 is 4.39 Å². The minimum Gasteiger partial charge on any atom is -0.326 e. The predicted octanol–water partition coefficient (Wildman–Crippen LogP) is 2.66. The maximum atomic E-state index is 13.7. The zero-order valence-electron chi connectivity index (χ0n) is 10.7. The highest BCUT2D eigenvalue weighted by atomic mass is 19.1. The first-order valence-electron chi connectivity index (χ1n) is 6.25. The average Bonchev–Trinajstić information content (AvgIpc) is 2.61. The summed E-state index contributed by atoms with van der Waals surface area (Å²) in [5.41, 5.74) is 7.54. The van der Waals surface area contributed by atoms with Gasteiger partial charge >= 0.3 is 0 Å². The lowest BCUT2D eigenvalue weighted by Crippen LogP contribution is -2.37. The summed E-state index contributed by atoms with van der Waals surface area (Å²) in [5.74, 6) is -0.120. The van der Waals surface area contributed by atoms with Crippen molar-refractivity contribution >= 4 is 0 Å². The van der Waals surface area contributed by atoms with Gasteiger partial charge in [0.15, 0.2) is 0 Å². The highest BCUT2D eigenvalue weighted by Gasteiger charge is 2.31. The van der Waals surface area contributed by atoms with E-state index in [2.05, 4.69) is 18.7 Å². The lowest BCUT2D eigenvalue weighted by molar-refractivity contribution is 0.164. The van der Waals surface area contributed by atoms with E-state index in [4.69, 9.17) is 5.73 Å². The first kappa shape index (κ1) is 12.5. The van der Waals surface area contributed by atoms with Gasteiger partial charge in [-0.1, -0.05) is 12.1 Å². The van der Waals surface area contributed by atoms with Gasteiger partial charge in [-0.25, -0.2) is 4.39 Å². The zero-order valence-corrected chi connectivity index (χ0v) is 10.7. The molecule has 1 heterocycles. The average molecular weight is 236 g/mol. The van der Waals surface area contributed by atoms with Gasteiger partial charge in [-0.3, -0.25) is 4.90 Å². The summed E-state index contributed by atoms with van der Waals surface area (Å²) in [6.45, 7) is 6.66. The molecular formula is C14H21FN2. The third-order valence-electron chi connectivity index (χ3n) is 3.78. The number of hydrogen-bond donors (Lipinski definition) is 1. The molecule has 2 N–H and O–H groups in total. The monoisotopic (exact) mass is 236 g/mol. The van der Waals surface area contributed by atoms with Crippen LogP contribution in [0.2, 0.25) is 0 Å².